The molecule has 1 unspecified atom stereocenters. The fourth-order valence-electron chi connectivity index (χ4n) is 3.42. The van der Waals surface area contributed by atoms with Crippen LogP contribution in [0.15, 0.2) is 47.4 Å². The summed E-state index contributed by atoms with van der Waals surface area (Å²) >= 11 is 0. The van der Waals surface area contributed by atoms with Crippen LogP contribution in [0.3, 0.4) is 0 Å². The summed E-state index contributed by atoms with van der Waals surface area (Å²) in [6, 6.07) is 10.4. The van der Waals surface area contributed by atoms with Gasteiger partial charge in [0.05, 0.1) is 13.2 Å². The number of nitrogens with zero attached hydrogens (tertiary/aromatic N) is 2. The fourth-order valence-corrected chi connectivity index (χ4v) is 4.49. The lowest BCUT2D eigenvalue weighted by Crippen LogP contribution is -2.31. The van der Waals surface area contributed by atoms with E-state index in [4.69, 9.17) is 4.74 Å². The Bertz CT molecular complexity index is 974. The van der Waals surface area contributed by atoms with Gasteiger partial charge in [0.2, 0.25) is 10.0 Å². The molecule has 2 aromatic rings. The molecule has 0 radical (unpaired) electrons. The molecule has 0 spiro atoms. The fraction of sp³-hybridized carbons (Fsp3) is 0.350. The number of sulfonamides is 1. The lowest BCUT2D eigenvalue weighted by atomic mass is 10.0. The molecule has 1 amide bonds. The first-order chi connectivity index (χ1) is 13.3. The van der Waals surface area contributed by atoms with Gasteiger partial charge in [0, 0.05) is 26.2 Å². The molecule has 0 aromatic heterocycles. The van der Waals surface area contributed by atoms with Gasteiger partial charge in [-0.05, 0) is 48.7 Å². The lowest BCUT2D eigenvalue weighted by Gasteiger charge is -2.26. The van der Waals surface area contributed by atoms with E-state index in [1.165, 1.54) is 45.5 Å². The van der Waals surface area contributed by atoms with E-state index in [0.29, 0.717) is 6.54 Å². The zero-order valence-electron chi connectivity index (χ0n) is 16.1. The summed E-state index contributed by atoms with van der Waals surface area (Å²) in [5.74, 6) is -0.403. The summed E-state index contributed by atoms with van der Waals surface area (Å²) in [5, 5.41) is 0. The van der Waals surface area contributed by atoms with Crippen LogP contribution in [-0.4, -0.2) is 51.3 Å². The molecule has 1 fully saturated rings. The molecule has 3 rings (SSSR count). The highest BCUT2D eigenvalue weighted by atomic mass is 32.2. The zero-order valence-corrected chi connectivity index (χ0v) is 16.9. The highest BCUT2D eigenvalue weighted by molar-refractivity contribution is 7.89. The standard InChI is InChI=1S/C20H23FN2O4S/c1-22(2)28(25,26)19-13-15(8-11-18(19)27-3)20(24)23-12-4-5-17(23)14-6-9-16(21)10-7-14/h6-11,13,17H,4-5,12H2,1-3H3. The maximum Gasteiger partial charge on any atom is 0.254 e. The molecular formula is C20H23FN2O4S. The Balaban J connectivity index is 1.97. The van der Waals surface area contributed by atoms with Gasteiger partial charge in [0.1, 0.15) is 16.5 Å². The number of hydrogen-bond acceptors (Lipinski definition) is 4. The number of likely N-dealkylation sites (tertiary alicyclic amines) is 1. The molecule has 0 N–H and O–H groups in total. The minimum Gasteiger partial charge on any atom is -0.495 e. The van der Waals surface area contributed by atoms with Gasteiger partial charge in [0.25, 0.3) is 5.91 Å². The molecule has 0 saturated carbocycles. The highest BCUT2D eigenvalue weighted by Gasteiger charge is 2.32. The van der Waals surface area contributed by atoms with E-state index >= 15 is 0 Å². The number of amides is 1. The largest absolute Gasteiger partial charge is 0.495 e. The third-order valence-electron chi connectivity index (χ3n) is 4.94. The molecule has 1 heterocycles. The minimum absolute atomic E-state index is 0.0524. The normalized spacial score (nSPS) is 17.2. The SMILES string of the molecule is COc1ccc(C(=O)N2CCCC2c2ccc(F)cc2)cc1S(=O)(=O)N(C)C. The van der Waals surface area contributed by atoms with Crippen LogP contribution in [0, 0.1) is 5.82 Å². The van der Waals surface area contributed by atoms with Crippen LogP contribution >= 0.6 is 0 Å². The smallest absolute Gasteiger partial charge is 0.254 e. The quantitative estimate of drug-likeness (QED) is 0.765. The molecular weight excluding hydrogens is 383 g/mol. The predicted octanol–water partition coefficient (Wildman–Crippen LogP) is 3.06. The first-order valence-electron chi connectivity index (χ1n) is 8.92. The summed E-state index contributed by atoms with van der Waals surface area (Å²) in [4.78, 5) is 14.8. The maximum atomic E-state index is 13.2. The molecule has 0 aliphatic carbocycles. The minimum atomic E-state index is -3.77. The average Bonchev–Trinajstić information content (AvgIpc) is 3.17. The second-order valence-electron chi connectivity index (χ2n) is 6.86. The van der Waals surface area contributed by atoms with E-state index in [9.17, 15) is 17.6 Å². The molecule has 1 saturated heterocycles. The topological polar surface area (TPSA) is 66.9 Å². The molecule has 0 bridgehead atoms. The summed E-state index contributed by atoms with van der Waals surface area (Å²) in [6.45, 7) is 0.558. The van der Waals surface area contributed by atoms with Crippen LogP contribution in [-0.2, 0) is 10.0 Å². The van der Waals surface area contributed by atoms with Gasteiger partial charge < -0.3 is 9.64 Å². The summed E-state index contributed by atoms with van der Waals surface area (Å²) in [5.41, 5.74) is 1.14. The summed E-state index contributed by atoms with van der Waals surface area (Å²) in [6.07, 6.45) is 1.60. The van der Waals surface area contributed by atoms with Gasteiger partial charge in [0.15, 0.2) is 0 Å². The van der Waals surface area contributed by atoms with Crippen molar-refractivity contribution in [2.75, 3.05) is 27.7 Å². The van der Waals surface area contributed by atoms with Crippen molar-refractivity contribution in [3.05, 3.63) is 59.4 Å². The van der Waals surface area contributed by atoms with Crippen LogP contribution in [0.25, 0.3) is 0 Å². The van der Waals surface area contributed by atoms with Gasteiger partial charge >= 0.3 is 0 Å². The van der Waals surface area contributed by atoms with Gasteiger partial charge in [-0.3, -0.25) is 4.79 Å². The second-order valence-corrected chi connectivity index (χ2v) is 8.98. The van der Waals surface area contributed by atoms with Crippen LogP contribution in [0.2, 0.25) is 0 Å². The lowest BCUT2D eigenvalue weighted by molar-refractivity contribution is 0.0735. The average molecular weight is 406 g/mol. The molecule has 1 aliphatic rings. The number of carbonyl (C=O) groups excluding carboxylic acids is 1. The van der Waals surface area contributed by atoms with Crippen LogP contribution in [0.4, 0.5) is 4.39 Å². The Hall–Kier alpha value is -2.45. The Kier molecular flexibility index (Phi) is 5.71. The van der Waals surface area contributed by atoms with Crippen LogP contribution in [0.5, 0.6) is 5.75 Å². The monoisotopic (exact) mass is 406 g/mol. The number of methoxy groups -OCH3 is 1. The van der Waals surface area contributed by atoms with Crippen molar-refractivity contribution in [2.24, 2.45) is 0 Å². The van der Waals surface area contributed by atoms with Gasteiger partial charge in [-0.2, -0.15) is 0 Å². The Labute approximate surface area is 164 Å². The number of benzene rings is 2. The number of carbonyl (C=O) groups is 1. The molecule has 2 aromatic carbocycles. The Morgan fingerprint density at radius 1 is 1.18 bits per heavy atom. The van der Waals surface area contributed by atoms with Gasteiger partial charge in [-0.25, -0.2) is 17.1 Å². The van der Waals surface area contributed by atoms with Crippen molar-refractivity contribution < 1.29 is 22.3 Å². The number of rotatable bonds is 5. The molecule has 6 nitrogen and oxygen atoms in total. The maximum absolute atomic E-state index is 13.2. The van der Waals surface area contributed by atoms with Crippen molar-refractivity contribution in [1.82, 2.24) is 9.21 Å². The number of hydrogen-bond donors (Lipinski definition) is 0. The molecule has 1 atom stereocenters. The molecule has 28 heavy (non-hydrogen) atoms. The van der Waals surface area contributed by atoms with Crippen molar-refractivity contribution >= 4 is 15.9 Å². The Morgan fingerprint density at radius 3 is 2.46 bits per heavy atom. The van der Waals surface area contributed by atoms with Crippen molar-refractivity contribution in [3.63, 3.8) is 0 Å². The highest BCUT2D eigenvalue weighted by Crippen LogP contribution is 2.34. The van der Waals surface area contributed by atoms with E-state index in [0.717, 1.165) is 22.7 Å². The van der Waals surface area contributed by atoms with Crippen molar-refractivity contribution in [1.29, 1.82) is 0 Å². The van der Waals surface area contributed by atoms with E-state index in [1.807, 2.05) is 0 Å². The van der Waals surface area contributed by atoms with E-state index in [1.54, 1.807) is 23.1 Å². The van der Waals surface area contributed by atoms with Crippen LogP contribution in [0.1, 0.15) is 34.8 Å². The predicted molar refractivity (Wildman–Crippen MR) is 103 cm³/mol. The van der Waals surface area contributed by atoms with Crippen LogP contribution < -0.4 is 4.74 Å². The number of halogens is 1. The molecule has 8 heteroatoms. The van der Waals surface area contributed by atoms with E-state index in [2.05, 4.69) is 0 Å². The van der Waals surface area contributed by atoms with Gasteiger partial charge in [-0.15, -0.1) is 0 Å². The summed E-state index contributed by atoms with van der Waals surface area (Å²) < 4.78 is 44.7. The number of ether oxygens (including phenoxy) is 1. The van der Waals surface area contributed by atoms with E-state index in [-0.39, 0.29) is 34.0 Å². The van der Waals surface area contributed by atoms with Crippen molar-refractivity contribution in [2.45, 2.75) is 23.8 Å². The second kappa shape index (κ2) is 7.89. The Morgan fingerprint density at radius 2 is 1.86 bits per heavy atom. The van der Waals surface area contributed by atoms with Crippen molar-refractivity contribution in [3.8, 4) is 5.75 Å². The third kappa shape index (κ3) is 3.74. The van der Waals surface area contributed by atoms with Gasteiger partial charge in [-0.1, -0.05) is 12.1 Å². The summed E-state index contributed by atoms with van der Waals surface area (Å²) in [7, 11) is 0.462. The first kappa shape index (κ1) is 20.3. The molecule has 150 valence electrons. The van der Waals surface area contributed by atoms with E-state index < -0.39 is 10.0 Å². The third-order valence-corrected chi connectivity index (χ3v) is 6.77. The molecule has 1 aliphatic heterocycles. The first-order valence-corrected chi connectivity index (χ1v) is 10.4. The zero-order chi connectivity index (χ0) is 20.5.